The maximum Gasteiger partial charge on any atom is 0.239 e. The molecule has 0 bridgehead atoms. The second kappa shape index (κ2) is 8.37. The smallest absolute Gasteiger partial charge is 0.239 e. The number of likely N-dealkylation sites (N-methyl/N-ethyl adjacent to an activating group) is 1. The Labute approximate surface area is 171 Å². The third-order valence-electron chi connectivity index (χ3n) is 5.98. The van der Waals surface area contributed by atoms with Crippen LogP contribution in [0.2, 0.25) is 0 Å². The molecule has 0 saturated carbocycles. The molecular formula is C22H29N5O2. The maximum atomic E-state index is 13.1. The van der Waals surface area contributed by atoms with Crippen LogP contribution in [0.3, 0.4) is 0 Å². The van der Waals surface area contributed by atoms with E-state index in [1.165, 1.54) is 13.3 Å². The number of aromatic nitrogens is 2. The van der Waals surface area contributed by atoms with Crippen LogP contribution in [-0.4, -0.2) is 63.9 Å². The molecule has 7 heteroatoms. The number of hydrogen-bond acceptors (Lipinski definition) is 4. The van der Waals surface area contributed by atoms with Crippen molar-refractivity contribution in [3.8, 4) is 11.3 Å². The summed E-state index contributed by atoms with van der Waals surface area (Å²) in [5.74, 6) is 1.18. The monoisotopic (exact) mass is 395 g/mol. The summed E-state index contributed by atoms with van der Waals surface area (Å²) in [5.41, 5.74) is 2.81. The summed E-state index contributed by atoms with van der Waals surface area (Å²) in [5, 5.41) is 2.84. The number of nitrogens with one attached hydrogen (secondary N) is 1. The molecule has 2 aliphatic heterocycles. The van der Waals surface area contributed by atoms with Crippen molar-refractivity contribution in [2.24, 2.45) is 0 Å². The molecule has 2 amide bonds. The number of amides is 2. The summed E-state index contributed by atoms with van der Waals surface area (Å²) in [6, 6.07) is 7.83. The molecule has 7 nitrogen and oxygen atoms in total. The van der Waals surface area contributed by atoms with Crippen LogP contribution in [0.5, 0.6) is 0 Å². The number of hydrogen-bond donors (Lipinski definition) is 1. The molecule has 2 aromatic rings. The van der Waals surface area contributed by atoms with E-state index in [2.05, 4.69) is 26.8 Å². The highest BCUT2D eigenvalue weighted by Crippen LogP contribution is 2.26. The van der Waals surface area contributed by atoms with Crippen LogP contribution in [0.4, 0.5) is 5.69 Å². The first-order chi connectivity index (χ1) is 14.0. The molecule has 1 fully saturated rings. The summed E-state index contributed by atoms with van der Waals surface area (Å²) in [6.45, 7) is 4.65. The Morgan fingerprint density at radius 3 is 2.79 bits per heavy atom. The van der Waals surface area contributed by atoms with Gasteiger partial charge in [-0.2, -0.15) is 0 Å². The molecule has 1 N–H and O–H groups in total. The SMILES string of the molecule is CC(=O)Nc1cccc(-c2cnc3n2CCN(C(=O)C2CCCCN2C)CC3)c1. The minimum absolute atomic E-state index is 0.0166. The van der Waals surface area contributed by atoms with Crippen LogP contribution in [-0.2, 0) is 22.6 Å². The third-order valence-corrected chi connectivity index (χ3v) is 5.98. The largest absolute Gasteiger partial charge is 0.339 e. The second-order valence-electron chi connectivity index (χ2n) is 8.04. The Hall–Kier alpha value is -2.67. The summed E-state index contributed by atoms with van der Waals surface area (Å²) in [4.78, 5) is 33.3. The van der Waals surface area contributed by atoms with Gasteiger partial charge in [-0.25, -0.2) is 4.98 Å². The Bertz CT molecular complexity index is 906. The minimum atomic E-state index is -0.0869. The lowest BCUT2D eigenvalue weighted by Gasteiger charge is -2.35. The topological polar surface area (TPSA) is 70.5 Å². The highest BCUT2D eigenvalue weighted by Gasteiger charge is 2.31. The Morgan fingerprint density at radius 2 is 2.00 bits per heavy atom. The van der Waals surface area contributed by atoms with Crippen molar-refractivity contribution in [3.05, 3.63) is 36.3 Å². The first kappa shape index (κ1) is 19.6. The quantitative estimate of drug-likeness (QED) is 0.866. The molecule has 1 unspecified atom stereocenters. The molecule has 29 heavy (non-hydrogen) atoms. The van der Waals surface area contributed by atoms with E-state index < -0.39 is 0 Å². The van der Waals surface area contributed by atoms with Gasteiger partial charge in [-0.3, -0.25) is 14.5 Å². The van der Waals surface area contributed by atoms with Gasteiger partial charge in [0, 0.05) is 44.2 Å². The molecule has 1 atom stereocenters. The highest BCUT2D eigenvalue weighted by molar-refractivity contribution is 5.89. The number of carbonyl (C=O) groups is 2. The standard InChI is InChI=1S/C22H29N5O2/c1-16(28)24-18-7-5-6-17(14-18)20-15-23-21-9-11-26(12-13-27(20)21)22(29)19-8-3-4-10-25(19)2/h5-7,14-15,19H,3-4,8-13H2,1-2H3,(H,24,28). The molecule has 1 aromatic carbocycles. The number of carbonyl (C=O) groups excluding carboxylic acids is 2. The van der Waals surface area contributed by atoms with Crippen LogP contribution in [0.15, 0.2) is 30.5 Å². The second-order valence-corrected chi connectivity index (χ2v) is 8.04. The lowest BCUT2D eigenvalue weighted by Crippen LogP contribution is -2.50. The van der Waals surface area contributed by atoms with E-state index in [9.17, 15) is 9.59 Å². The molecule has 2 aliphatic rings. The molecule has 0 spiro atoms. The number of benzene rings is 1. The van der Waals surface area contributed by atoms with Gasteiger partial charge < -0.3 is 14.8 Å². The Kier molecular flexibility index (Phi) is 5.67. The first-order valence-electron chi connectivity index (χ1n) is 10.4. The van der Waals surface area contributed by atoms with Crippen LogP contribution in [0.25, 0.3) is 11.3 Å². The summed E-state index contributed by atoms with van der Waals surface area (Å²) in [6.07, 6.45) is 5.92. The molecule has 1 aromatic heterocycles. The zero-order valence-corrected chi connectivity index (χ0v) is 17.2. The normalized spacial score (nSPS) is 20.1. The van der Waals surface area contributed by atoms with Crippen molar-refractivity contribution >= 4 is 17.5 Å². The first-order valence-corrected chi connectivity index (χ1v) is 10.4. The number of anilines is 1. The van der Waals surface area contributed by atoms with Gasteiger partial charge in [0.15, 0.2) is 0 Å². The predicted octanol–water partition coefficient (Wildman–Crippen LogP) is 2.38. The fourth-order valence-corrected chi connectivity index (χ4v) is 4.44. The number of fused-ring (bicyclic) bond motifs is 1. The number of likely N-dealkylation sites (tertiary alicyclic amines) is 1. The summed E-state index contributed by atoms with van der Waals surface area (Å²) in [7, 11) is 2.06. The van der Waals surface area contributed by atoms with Crippen LogP contribution in [0.1, 0.15) is 32.0 Å². The zero-order valence-electron chi connectivity index (χ0n) is 17.2. The van der Waals surface area contributed by atoms with Crippen molar-refractivity contribution in [1.82, 2.24) is 19.4 Å². The van der Waals surface area contributed by atoms with E-state index in [4.69, 9.17) is 0 Å². The van der Waals surface area contributed by atoms with Crippen LogP contribution >= 0.6 is 0 Å². The molecule has 0 aliphatic carbocycles. The maximum absolute atomic E-state index is 13.1. The van der Waals surface area contributed by atoms with Gasteiger partial charge >= 0.3 is 0 Å². The number of imidazole rings is 1. The van der Waals surface area contributed by atoms with Gasteiger partial charge in [-0.05, 0) is 38.6 Å². The molecule has 3 heterocycles. The highest BCUT2D eigenvalue weighted by atomic mass is 16.2. The number of nitrogens with zero attached hydrogens (tertiary/aromatic N) is 4. The van der Waals surface area contributed by atoms with Crippen LogP contribution in [0, 0.1) is 0 Å². The van der Waals surface area contributed by atoms with Crippen LogP contribution < -0.4 is 5.32 Å². The van der Waals surface area contributed by atoms with Gasteiger partial charge in [-0.1, -0.05) is 18.6 Å². The van der Waals surface area contributed by atoms with Gasteiger partial charge in [0.05, 0.1) is 17.9 Å². The van der Waals surface area contributed by atoms with E-state index in [1.807, 2.05) is 35.4 Å². The zero-order chi connectivity index (χ0) is 20.4. The molecule has 0 radical (unpaired) electrons. The van der Waals surface area contributed by atoms with E-state index >= 15 is 0 Å². The van der Waals surface area contributed by atoms with Gasteiger partial charge in [-0.15, -0.1) is 0 Å². The van der Waals surface area contributed by atoms with E-state index in [-0.39, 0.29) is 17.9 Å². The average molecular weight is 396 g/mol. The van der Waals surface area contributed by atoms with E-state index in [1.54, 1.807) is 0 Å². The van der Waals surface area contributed by atoms with E-state index in [0.29, 0.717) is 13.1 Å². The Morgan fingerprint density at radius 1 is 1.14 bits per heavy atom. The van der Waals surface area contributed by atoms with Gasteiger partial charge in [0.25, 0.3) is 0 Å². The van der Waals surface area contributed by atoms with Gasteiger partial charge in [0.1, 0.15) is 5.82 Å². The van der Waals surface area contributed by atoms with Crippen molar-refractivity contribution in [2.45, 2.75) is 45.2 Å². The fourth-order valence-electron chi connectivity index (χ4n) is 4.44. The Balaban J connectivity index is 1.51. The number of piperidine rings is 1. The van der Waals surface area contributed by atoms with Crippen molar-refractivity contribution in [3.63, 3.8) is 0 Å². The molecule has 154 valence electrons. The molecular weight excluding hydrogens is 366 g/mol. The van der Waals surface area contributed by atoms with Gasteiger partial charge in [0.2, 0.25) is 11.8 Å². The number of rotatable bonds is 3. The lowest BCUT2D eigenvalue weighted by atomic mass is 10.0. The van der Waals surface area contributed by atoms with Crippen molar-refractivity contribution in [1.29, 1.82) is 0 Å². The lowest BCUT2D eigenvalue weighted by molar-refractivity contribution is -0.137. The summed E-state index contributed by atoms with van der Waals surface area (Å²) >= 11 is 0. The predicted molar refractivity (Wildman–Crippen MR) is 113 cm³/mol. The van der Waals surface area contributed by atoms with E-state index in [0.717, 1.165) is 55.1 Å². The summed E-state index contributed by atoms with van der Waals surface area (Å²) < 4.78 is 2.21. The average Bonchev–Trinajstić information content (AvgIpc) is 2.99. The molecule has 4 rings (SSSR count). The third kappa shape index (κ3) is 4.19. The fraction of sp³-hybridized carbons (Fsp3) is 0.500. The van der Waals surface area contributed by atoms with Crippen molar-refractivity contribution < 1.29 is 9.59 Å². The molecule has 1 saturated heterocycles. The minimum Gasteiger partial charge on any atom is -0.339 e. The van der Waals surface area contributed by atoms with Crippen molar-refractivity contribution in [2.75, 3.05) is 32.0 Å².